The fourth-order valence-corrected chi connectivity index (χ4v) is 0.937. The van der Waals surface area contributed by atoms with E-state index in [1.54, 1.807) is 0 Å². The van der Waals surface area contributed by atoms with Gasteiger partial charge < -0.3 is 5.32 Å². The van der Waals surface area contributed by atoms with Crippen molar-refractivity contribution in [2.75, 3.05) is 12.3 Å². The van der Waals surface area contributed by atoms with Crippen LogP contribution in [0, 0.1) is 5.92 Å². The summed E-state index contributed by atoms with van der Waals surface area (Å²) in [6.07, 6.45) is 1.57. The number of amides is 1. The molecule has 0 radical (unpaired) electrons. The fraction of sp³-hybridized carbons (Fsp3) is 0.875. The van der Waals surface area contributed by atoms with Gasteiger partial charge in [0.15, 0.2) is 0 Å². The van der Waals surface area contributed by atoms with Crippen molar-refractivity contribution in [1.82, 2.24) is 5.32 Å². The second-order valence-electron chi connectivity index (χ2n) is 2.78. The van der Waals surface area contributed by atoms with Crippen LogP contribution in [0.4, 0.5) is 0 Å². The van der Waals surface area contributed by atoms with Gasteiger partial charge in [0.1, 0.15) is 0 Å². The van der Waals surface area contributed by atoms with E-state index in [1.807, 2.05) is 6.92 Å². The largest absolute Gasteiger partial charge is 0.356 e. The van der Waals surface area contributed by atoms with E-state index >= 15 is 0 Å². The van der Waals surface area contributed by atoms with Gasteiger partial charge in [-0.25, -0.2) is 0 Å². The highest BCUT2D eigenvalue weighted by Gasteiger charge is 2.03. The summed E-state index contributed by atoms with van der Waals surface area (Å²) in [6, 6.07) is 0. The standard InChI is InChI=1S/C8H17NOS/c1-3-9-8(10)5-4-7(2)6-11/h7,11H,3-6H2,1-2H3,(H,9,10). The van der Waals surface area contributed by atoms with Crippen molar-refractivity contribution >= 4 is 18.5 Å². The average Bonchev–Trinajstić information content (AvgIpc) is 2.01. The number of nitrogens with one attached hydrogen (secondary N) is 1. The van der Waals surface area contributed by atoms with Crippen molar-refractivity contribution in [1.29, 1.82) is 0 Å². The van der Waals surface area contributed by atoms with Crippen molar-refractivity contribution in [3.8, 4) is 0 Å². The number of hydrogen-bond donors (Lipinski definition) is 2. The molecule has 11 heavy (non-hydrogen) atoms. The monoisotopic (exact) mass is 175 g/mol. The number of hydrogen-bond acceptors (Lipinski definition) is 2. The van der Waals surface area contributed by atoms with Crippen molar-refractivity contribution in [3.05, 3.63) is 0 Å². The lowest BCUT2D eigenvalue weighted by atomic mass is 10.1. The summed E-state index contributed by atoms with van der Waals surface area (Å²) in [5, 5.41) is 2.76. The van der Waals surface area contributed by atoms with Crippen LogP contribution < -0.4 is 5.32 Å². The van der Waals surface area contributed by atoms with E-state index in [0.717, 1.165) is 18.7 Å². The van der Waals surface area contributed by atoms with Gasteiger partial charge in [-0.2, -0.15) is 12.6 Å². The van der Waals surface area contributed by atoms with Crippen molar-refractivity contribution < 1.29 is 4.79 Å². The van der Waals surface area contributed by atoms with E-state index in [1.165, 1.54) is 0 Å². The summed E-state index contributed by atoms with van der Waals surface area (Å²) in [4.78, 5) is 10.9. The Kier molecular flexibility index (Phi) is 6.42. The Morgan fingerprint density at radius 1 is 1.64 bits per heavy atom. The molecule has 1 N–H and O–H groups in total. The fourth-order valence-electron chi connectivity index (χ4n) is 0.754. The van der Waals surface area contributed by atoms with Gasteiger partial charge in [0.2, 0.25) is 5.91 Å². The highest BCUT2D eigenvalue weighted by Crippen LogP contribution is 2.06. The number of rotatable bonds is 5. The molecule has 0 aliphatic rings. The van der Waals surface area contributed by atoms with Gasteiger partial charge in [0, 0.05) is 13.0 Å². The van der Waals surface area contributed by atoms with Gasteiger partial charge in [0.25, 0.3) is 0 Å². The Morgan fingerprint density at radius 2 is 2.27 bits per heavy atom. The van der Waals surface area contributed by atoms with E-state index in [2.05, 4.69) is 24.9 Å². The van der Waals surface area contributed by atoms with Gasteiger partial charge >= 0.3 is 0 Å². The summed E-state index contributed by atoms with van der Waals surface area (Å²) in [5.74, 6) is 1.56. The van der Waals surface area contributed by atoms with Gasteiger partial charge in [-0.05, 0) is 25.0 Å². The number of carbonyl (C=O) groups excluding carboxylic acids is 1. The van der Waals surface area contributed by atoms with Crippen LogP contribution in [0.3, 0.4) is 0 Å². The minimum absolute atomic E-state index is 0.154. The zero-order valence-corrected chi connectivity index (χ0v) is 8.16. The lowest BCUT2D eigenvalue weighted by Crippen LogP contribution is -2.22. The zero-order chi connectivity index (χ0) is 8.69. The molecule has 0 aliphatic heterocycles. The highest BCUT2D eigenvalue weighted by atomic mass is 32.1. The second-order valence-corrected chi connectivity index (χ2v) is 3.15. The van der Waals surface area contributed by atoms with Crippen LogP contribution in [0.5, 0.6) is 0 Å². The van der Waals surface area contributed by atoms with E-state index in [4.69, 9.17) is 0 Å². The van der Waals surface area contributed by atoms with Gasteiger partial charge in [-0.1, -0.05) is 6.92 Å². The summed E-state index contributed by atoms with van der Waals surface area (Å²) >= 11 is 4.14. The van der Waals surface area contributed by atoms with E-state index < -0.39 is 0 Å². The average molecular weight is 175 g/mol. The molecule has 0 heterocycles. The van der Waals surface area contributed by atoms with E-state index in [9.17, 15) is 4.79 Å². The topological polar surface area (TPSA) is 29.1 Å². The van der Waals surface area contributed by atoms with Crippen LogP contribution in [0.2, 0.25) is 0 Å². The zero-order valence-electron chi connectivity index (χ0n) is 7.26. The molecule has 0 aromatic heterocycles. The third-order valence-electron chi connectivity index (χ3n) is 1.55. The third kappa shape index (κ3) is 6.23. The van der Waals surface area contributed by atoms with Crippen LogP contribution in [-0.4, -0.2) is 18.2 Å². The van der Waals surface area contributed by atoms with Crippen LogP contribution in [0.15, 0.2) is 0 Å². The molecule has 1 atom stereocenters. The molecular weight excluding hydrogens is 158 g/mol. The molecule has 1 unspecified atom stereocenters. The van der Waals surface area contributed by atoms with Crippen LogP contribution >= 0.6 is 12.6 Å². The Labute approximate surface area is 74.2 Å². The molecule has 1 amide bonds. The summed E-state index contributed by atoms with van der Waals surface area (Å²) in [6.45, 7) is 4.76. The minimum atomic E-state index is 0.154. The first-order chi connectivity index (χ1) is 5.20. The molecule has 0 bridgehead atoms. The van der Waals surface area contributed by atoms with E-state index in [0.29, 0.717) is 12.3 Å². The Morgan fingerprint density at radius 3 is 2.73 bits per heavy atom. The van der Waals surface area contributed by atoms with Crippen LogP contribution in [-0.2, 0) is 4.79 Å². The molecule has 0 aromatic carbocycles. The maximum atomic E-state index is 10.9. The normalized spacial score (nSPS) is 12.6. The lowest BCUT2D eigenvalue weighted by Gasteiger charge is -2.06. The summed E-state index contributed by atoms with van der Waals surface area (Å²) in [7, 11) is 0. The quantitative estimate of drug-likeness (QED) is 0.609. The molecule has 0 saturated carbocycles. The van der Waals surface area contributed by atoms with Crippen LogP contribution in [0.25, 0.3) is 0 Å². The van der Waals surface area contributed by atoms with Crippen molar-refractivity contribution in [2.24, 2.45) is 5.92 Å². The smallest absolute Gasteiger partial charge is 0.219 e. The lowest BCUT2D eigenvalue weighted by molar-refractivity contribution is -0.121. The van der Waals surface area contributed by atoms with Gasteiger partial charge in [0.05, 0.1) is 0 Å². The number of carbonyl (C=O) groups is 1. The first-order valence-electron chi connectivity index (χ1n) is 4.08. The predicted molar refractivity (Wildman–Crippen MR) is 50.9 cm³/mol. The molecular formula is C8H17NOS. The first-order valence-corrected chi connectivity index (χ1v) is 4.71. The molecule has 0 rings (SSSR count). The van der Waals surface area contributed by atoms with Crippen LogP contribution in [0.1, 0.15) is 26.7 Å². The van der Waals surface area contributed by atoms with E-state index in [-0.39, 0.29) is 5.91 Å². The molecule has 0 fully saturated rings. The van der Waals surface area contributed by atoms with Gasteiger partial charge in [-0.15, -0.1) is 0 Å². The molecule has 0 saturated heterocycles. The second kappa shape index (κ2) is 6.53. The minimum Gasteiger partial charge on any atom is -0.356 e. The first kappa shape index (κ1) is 10.8. The maximum Gasteiger partial charge on any atom is 0.219 e. The Balaban J connectivity index is 3.30. The maximum absolute atomic E-state index is 10.9. The molecule has 2 nitrogen and oxygen atoms in total. The predicted octanol–water partition coefficient (Wildman–Crippen LogP) is 1.47. The highest BCUT2D eigenvalue weighted by molar-refractivity contribution is 7.80. The molecule has 0 aromatic rings. The third-order valence-corrected chi connectivity index (χ3v) is 2.17. The molecule has 0 spiro atoms. The van der Waals surface area contributed by atoms with Crippen molar-refractivity contribution in [3.63, 3.8) is 0 Å². The Bertz CT molecular complexity index is 117. The summed E-state index contributed by atoms with van der Waals surface area (Å²) < 4.78 is 0. The number of thiol groups is 1. The Hall–Kier alpha value is -0.180. The molecule has 3 heteroatoms. The summed E-state index contributed by atoms with van der Waals surface area (Å²) in [5.41, 5.74) is 0. The SMILES string of the molecule is CCNC(=O)CCC(C)CS. The van der Waals surface area contributed by atoms with Gasteiger partial charge in [-0.3, -0.25) is 4.79 Å². The molecule has 0 aliphatic carbocycles. The van der Waals surface area contributed by atoms with Crippen molar-refractivity contribution in [2.45, 2.75) is 26.7 Å². The molecule has 66 valence electrons.